The third-order valence-corrected chi connectivity index (χ3v) is 2.78. The van der Waals surface area contributed by atoms with Gasteiger partial charge < -0.3 is 5.11 Å². The predicted octanol–water partition coefficient (Wildman–Crippen LogP) is 0.889. The molecule has 1 unspecified atom stereocenters. The summed E-state index contributed by atoms with van der Waals surface area (Å²) in [5.41, 5.74) is 0.961. The van der Waals surface area contributed by atoms with Crippen LogP contribution in [0.3, 0.4) is 0 Å². The average Bonchev–Trinajstić information content (AvgIpc) is 2.85. The molecule has 0 spiro atoms. The Kier molecular flexibility index (Phi) is 4.17. The maximum absolute atomic E-state index is 10.7. The fourth-order valence-electron chi connectivity index (χ4n) is 1.84. The van der Waals surface area contributed by atoms with Crippen molar-refractivity contribution < 1.29 is 9.90 Å². The molecule has 19 heavy (non-hydrogen) atoms. The molecule has 0 radical (unpaired) electrons. The molecule has 2 aromatic rings. The second-order valence-corrected chi connectivity index (χ2v) is 4.31. The number of carbonyl (C=O) groups is 1. The van der Waals surface area contributed by atoms with Gasteiger partial charge in [0.25, 0.3) is 0 Å². The summed E-state index contributed by atoms with van der Waals surface area (Å²) >= 11 is 0. The fourth-order valence-corrected chi connectivity index (χ4v) is 1.84. The van der Waals surface area contributed by atoms with E-state index in [-0.39, 0.29) is 12.5 Å². The van der Waals surface area contributed by atoms with Gasteiger partial charge in [0, 0.05) is 18.3 Å². The lowest BCUT2D eigenvalue weighted by Gasteiger charge is -2.10. The minimum atomic E-state index is -0.862. The van der Waals surface area contributed by atoms with Gasteiger partial charge in [-0.1, -0.05) is 6.07 Å². The Labute approximate surface area is 110 Å². The second-order valence-electron chi connectivity index (χ2n) is 4.31. The van der Waals surface area contributed by atoms with E-state index in [1.807, 2.05) is 18.2 Å². The van der Waals surface area contributed by atoms with E-state index in [2.05, 4.69) is 20.5 Å². The van der Waals surface area contributed by atoms with Gasteiger partial charge in [-0.2, -0.15) is 0 Å². The van der Waals surface area contributed by atoms with Crippen molar-refractivity contribution in [1.82, 2.24) is 25.2 Å². The Morgan fingerprint density at radius 1 is 1.42 bits per heavy atom. The molecule has 1 atom stereocenters. The third-order valence-electron chi connectivity index (χ3n) is 2.78. The SMILES string of the molecule is CC(CC(=O)O)n1nnnc1CCc1ccccn1. The molecule has 0 aromatic carbocycles. The van der Waals surface area contributed by atoms with Gasteiger partial charge in [0.1, 0.15) is 0 Å². The number of hydrogen-bond donors (Lipinski definition) is 1. The molecule has 2 heterocycles. The van der Waals surface area contributed by atoms with Crippen LogP contribution in [0.25, 0.3) is 0 Å². The van der Waals surface area contributed by atoms with Crippen LogP contribution in [0.4, 0.5) is 0 Å². The van der Waals surface area contributed by atoms with E-state index in [0.29, 0.717) is 12.2 Å². The summed E-state index contributed by atoms with van der Waals surface area (Å²) in [4.78, 5) is 14.9. The molecular weight excluding hydrogens is 246 g/mol. The minimum Gasteiger partial charge on any atom is -0.481 e. The summed E-state index contributed by atoms with van der Waals surface area (Å²) in [5.74, 6) is -0.182. The van der Waals surface area contributed by atoms with Crippen molar-refractivity contribution in [1.29, 1.82) is 0 Å². The summed E-state index contributed by atoms with van der Waals surface area (Å²) in [6.07, 6.45) is 3.10. The molecular formula is C12H15N5O2. The highest BCUT2D eigenvalue weighted by atomic mass is 16.4. The van der Waals surface area contributed by atoms with E-state index in [1.165, 1.54) is 0 Å². The number of rotatable bonds is 6. The molecule has 0 amide bonds. The molecule has 100 valence electrons. The normalized spacial score (nSPS) is 12.3. The van der Waals surface area contributed by atoms with Crippen LogP contribution in [0.15, 0.2) is 24.4 Å². The molecule has 0 aliphatic carbocycles. The van der Waals surface area contributed by atoms with Gasteiger partial charge in [0.05, 0.1) is 12.5 Å². The van der Waals surface area contributed by atoms with Crippen molar-refractivity contribution in [3.05, 3.63) is 35.9 Å². The number of carboxylic acids is 1. The Morgan fingerprint density at radius 2 is 2.26 bits per heavy atom. The smallest absolute Gasteiger partial charge is 0.305 e. The van der Waals surface area contributed by atoms with Crippen LogP contribution < -0.4 is 0 Å². The predicted molar refractivity (Wildman–Crippen MR) is 66.4 cm³/mol. The van der Waals surface area contributed by atoms with Crippen LogP contribution in [0.5, 0.6) is 0 Å². The van der Waals surface area contributed by atoms with Gasteiger partial charge in [-0.3, -0.25) is 9.78 Å². The number of pyridine rings is 1. The molecule has 7 nitrogen and oxygen atoms in total. The monoisotopic (exact) mass is 261 g/mol. The topological polar surface area (TPSA) is 93.8 Å². The fraction of sp³-hybridized carbons (Fsp3) is 0.417. The van der Waals surface area contributed by atoms with Crippen molar-refractivity contribution in [3.63, 3.8) is 0 Å². The number of tetrazole rings is 1. The molecule has 1 N–H and O–H groups in total. The molecule has 0 fully saturated rings. The number of aliphatic carboxylic acids is 1. The third kappa shape index (κ3) is 3.57. The van der Waals surface area contributed by atoms with E-state index in [0.717, 1.165) is 12.1 Å². The zero-order valence-corrected chi connectivity index (χ0v) is 10.6. The Bertz CT molecular complexity index is 540. The second kappa shape index (κ2) is 6.03. The van der Waals surface area contributed by atoms with Crippen LogP contribution in [0.1, 0.15) is 30.9 Å². The molecule has 7 heteroatoms. The first-order chi connectivity index (χ1) is 9.16. The number of hydrogen-bond acceptors (Lipinski definition) is 5. The zero-order chi connectivity index (χ0) is 13.7. The van der Waals surface area contributed by atoms with E-state index >= 15 is 0 Å². The largest absolute Gasteiger partial charge is 0.481 e. The van der Waals surface area contributed by atoms with Crippen LogP contribution in [-0.4, -0.2) is 36.3 Å². The molecule has 0 saturated carbocycles. The molecule has 0 aliphatic rings. The highest BCUT2D eigenvalue weighted by Crippen LogP contribution is 2.11. The maximum Gasteiger partial charge on any atom is 0.305 e. The maximum atomic E-state index is 10.7. The first-order valence-corrected chi connectivity index (χ1v) is 6.05. The van der Waals surface area contributed by atoms with Crippen molar-refractivity contribution in [3.8, 4) is 0 Å². The Morgan fingerprint density at radius 3 is 2.95 bits per heavy atom. The number of nitrogens with zero attached hydrogens (tertiary/aromatic N) is 5. The van der Waals surface area contributed by atoms with E-state index in [9.17, 15) is 4.79 Å². The van der Waals surface area contributed by atoms with Crippen LogP contribution in [0.2, 0.25) is 0 Å². The van der Waals surface area contributed by atoms with Gasteiger partial charge in [0.15, 0.2) is 5.82 Å². The molecule has 0 saturated heterocycles. The van der Waals surface area contributed by atoms with Crippen molar-refractivity contribution in [2.24, 2.45) is 0 Å². The van der Waals surface area contributed by atoms with Gasteiger partial charge in [-0.15, -0.1) is 5.10 Å². The highest BCUT2D eigenvalue weighted by Gasteiger charge is 2.15. The summed E-state index contributed by atoms with van der Waals surface area (Å²) in [7, 11) is 0. The van der Waals surface area contributed by atoms with Crippen LogP contribution in [0, 0.1) is 0 Å². The first kappa shape index (κ1) is 13.1. The van der Waals surface area contributed by atoms with Crippen LogP contribution in [-0.2, 0) is 17.6 Å². The van der Waals surface area contributed by atoms with Gasteiger partial charge in [0.2, 0.25) is 0 Å². The van der Waals surface area contributed by atoms with Gasteiger partial charge in [-0.25, -0.2) is 4.68 Å². The quantitative estimate of drug-likeness (QED) is 0.829. The zero-order valence-electron chi connectivity index (χ0n) is 10.6. The van der Waals surface area contributed by atoms with Gasteiger partial charge in [-0.05, 0) is 35.9 Å². The summed E-state index contributed by atoms with van der Waals surface area (Å²) < 4.78 is 1.57. The standard InChI is InChI=1S/C12H15N5O2/c1-9(8-12(18)19)17-11(14-15-16-17)6-5-10-4-2-3-7-13-10/h2-4,7,9H,5-6,8H2,1H3,(H,18,19). The van der Waals surface area contributed by atoms with Crippen molar-refractivity contribution in [2.45, 2.75) is 32.2 Å². The lowest BCUT2D eigenvalue weighted by Crippen LogP contribution is -2.15. The average molecular weight is 261 g/mol. The summed E-state index contributed by atoms with van der Waals surface area (Å²) in [6.45, 7) is 1.79. The molecule has 2 rings (SSSR count). The van der Waals surface area contributed by atoms with E-state index in [1.54, 1.807) is 17.8 Å². The number of aryl methyl sites for hydroxylation is 2. The lowest BCUT2D eigenvalue weighted by molar-refractivity contribution is -0.137. The Balaban J connectivity index is 2.01. The molecule has 2 aromatic heterocycles. The Hall–Kier alpha value is -2.31. The lowest BCUT2D eigenvalue weighted by atomic mass is 10.2. The van der Waals surface area contributed by atoms with Crippen molar-refractivity contribution >= 4 is 5.97 Å². The van der Waals surface area contributed by atoms with Crippen LogP contribution >= 0.6 is 0 Å². The van der Waals surface area contributed by atoms with E-state index < -0.39 is 5.97 Å². The summed E-state index contributed by atoms with van der Waals surface area (Å²) in [5, 5.41) is 20.2. The highest BCUT2D eigenvalue weighted by molar-refractivity contribution is 5.67. The number of carboxylic acid groups (broad SMARTS) is 1. The molecule has 0 aliphatic heterocycles. The molecule has 0 bridgehead atoms. The number of aromatic nitrogens is 5. The van der Waals surface area contributed by atoms with Gasteiger partial charge >= 0.3 is 5.97 Å². The minimum absolute atomic E-state index is 0.00161. The van der Waals surface area contributed by atoms with Crippen molar-refractivity contribution in [2.75, 3.05) is 0 Å². The first-order valence-electron chi connectivity index (χ1n) is 6.05. The van der Waals surface area contributed by atoms with E-state index in [4.69, 9.17) is 5.11 Å². The summed E-state index contributed by atoms with van der Waals surface area (Å²) in [6, 6.07) is 5.47.